The molecule has 10 heteroatoms. The molecule has 0 radical (unpaired) electrons. The lowest BCUT2D eigenvalue weighted by molar-refractivity contribution is -0.139. The monoisotopic (exact) mass is 446 g/mol. The lowest BCUT2D eigenvalue weighted by atomic mass is 10.2. The highest BCUT2D eigenvalue weighted by Crippen LogP contribution is 2.37. The SMILES string of the molecule is COc1nc(C(=O)N2CC[C@H](Oc3ccccc3C(F)(F)F)C2)ccc1-n1cnc(C)c1. The van der Waals surface area contributed by atoms with Gasteiger partial charge in [-0.05, 0) is 31.2 Å². The number of hydrogen-bond acceptors (Lipinski definition) is 5. The number of hydrogen-bond donors (Lipinski definition) is 0. The Morgan fingerprint density at radius 3 is 2.66 bits per heavy atom. The van der Waals surface area contributed by atoms with Gasteiger partial charge >= 0.3 is 6.18 Å². The Bertz CT molecular complexity index is 1130. The summed E-state index contributed by atoms with van der Waals surface area (Å²) >= 11 is 0. The largest absolute Gasteiger partial charge is 0.488 e. The maximum absolute atomic E-state index is 13.2. The fraction of sp³-hybridized carbons (Fsp3) is 0.318. The number of pyridine rings is 1. The van der Waals surface area contributed by atoms with Crippen molar-refractivity contribution in [1.82, 2.24) is 19.4 Å². The van der Waals surface area contributed by atoms with Gasteiger partial charge in [0.2, 0.25) is 5.88 Å². The van der Waals surface area contributed by atoms with Gasteiger partial charge < -0.3 is 18.9 Å². The molecule has 1 saturated heterocycles. The fourth-order valence-corrected chi connectivity index (χ4v) is 3.61. The highest BCUT2D eigenvalue weighted by molar-refractivity contribution is 5.93. The first-order valence-corrected chi connectivity index (χ1v) is 9.94. The molecule has 168 valence electrons. The maximum atomic E-state index is 13.2. The molecule has 32 heavy (non-hydrogen) atoms. The molecule has 3 aromatic rings. The van der Waals surface area contributed by atoms with Gasteiger partial charge in [0.15, 0.2) is 0 Å². The number of aryl methyl sites for hydroxylation is 1. The Labute approximate surface area is 182 Å². The van der Waals surface area contributed by atoms with Gasteiger partial charge in [-0.2, -0.15) is 13.2 Å². The number of alkyl halides is 3. The van der Waals surface area contributed by atoms with E-state index < -0.39 is 17.8 Å². The molecule has 4 rings (SSSR count). The first-order chi connectivity index (χ1) is 15.3. The Morgan fingerprint density at radius 1 is 1.19 bits per heavy atom. The van der Waals surface area contributed by atoms with Crippen molar-refractivity contribution in [1.29, 1.82) is 0 Å². The molecule has 1 aromatic carbocycles. The summed E-state index contributed by atoms with van der Waals surface area (Å²) in [6.07, 6.45) is -1.21. The zero-order valence-electron chi connectivity index (χ0n) is 17.5. The molecule has 1 aliphatic rings. The average molecular weight is 446 g/mol. The number of rotatable bonds is 5. The van der Waals surface area contributed by atoms with Crippen LogP contribution in [0.1, 0.15) is 28.2 Å². The van der Waals surface area contributed by atoms with Crippen molar-refractivity contribution in [3.05, 3.63) is 65.9 Å². The summed E-state index contributed by atoms with van der Waals surface area (Å²) in [6, 6.07) is 8.37. The molecule has 0 N–H and O–H groups in total. The summed E-state index contributed by atoms with van der Waals surface area (Å²) < 4.78 is 52.3. The van der Waals surface area contributed by atoms with Gasteiger partial charge in [0.1, 0.15) is 23.2 Å². The topological polar surface area (TPSA) is 69.5 Å². The van der Waals surface area contributed by atoms with E-state index in [0.717, 1.165) is 11.8 Å². The quantitative estimate of drug-likeness (QED) is 0.595. The summed E-state index contributed by atoms with van der Waals surface area (Å²) in [6.45, 7) is 2.37. The maximum Gasteiger partial charge on any atom is 0.419 e. The molecule has 0 spiro atoms. The average Bonchev–Trinajstić information content (AvgIpc) is 3.41. The molecule has 1 aliphatic heterocycles. The molecule has 2 aromatic heterocycles. The number of halogens is 3. The Hall–Kier alpha value is -3.56. The van der Waals surface area contributed by atoms with Crippen molar-refractivity contribution in [3.63, 3.8) is 0 Å². The number of aromatic nitrogens is 3. The van der Waals surface area contributed by atoms with Gasteiger partial charge in [0, 0.05) is 19.2 Å². The van der Waals surface area contributed by atoms with E-state index >= 15 is 0 Å². The van der Waals surface area contributed by atoms with Crippen molar-refractivity contribution in [2.45, 2.75) is 25.6 Å². The Balaban J connectivity index is 1.48. The van der Waals surface area contributed by atoms with Crippen LogP contribution in [0.2, 0.25) is 0 Å². The van der Waals surface area contributed by atoms with Gasteiger partial charge in [0.05, 0.1) is 31.2 Å². The lowest BCUT2D eigenvalue weighted by Gasteiger charge is -2.19. The summed E-state index contributed by atoms with van der Waals surface area (Å²) in [5, 5.41) is 0. The first kappa shape index (κ1) is 21.7. The highest BCUT2D eigenvalue weighted by Gasteiger charge is 2.36. The third-order valence-corrected chi connectivity index (χ3v) is 5.16. The van der Waals surface area contributed by atoms with Crippen LogP contribution in [0, 0.1) is 6.92 Å². The van der Waals surface area contributed by atoms with Gasteiger partial charge in [-0.3, -0.25) is 4.79 Å². The van der Waals surface area contributed by atoms with E-state index in [4.69, 9.17) is 9.47 Å². The van der Waals surface area contributed by atoms with Crippen LogP contribution in [0.4, 0.5) is 13.2 Å². The number of carbonyl (C=O) groups is 1. The number of methoxy groups -OCH3 is 1. The van der Waals surface area contributed by atoms with E-state index in [1.807, 2.05) is 13.1 Å². The van der Waals surface area contributed by atoms with Crippen LogP contribution in [-0.2, 0) is 6.18 Å². The number of imidazole rings is 1. The van der Waals surface area contributed by atoms with Crippen molar-refractivity contribution in [3.8, 4) is 17.3 Å². The standard InChI is InChI=1S/C22H21F3N4O3/c1-14-11-29(13-26-14)18-8-7-17(27-20(18)31-2)21(30)28-10-9-15(12-28)32-19-6-4-3-5-16(19)22(23,24)25/h3-8,11,13,15H,9-10,12H2,1-2H3/t15-/m0/s1. The number of para-hydroxylation sites is 1. The molecule has 1 fully saturated rings. The van der Waals surface area contributed by atoms with Crippen molar-refractivity contribution in [2.24, 2.45) is 0 Å². The van der Waals surface area contributed by atoms with Crippen LogP contribution in [0.5, 0.6) is 11.6 Å². The van der Waals surface area contributed by atoms with E-state index in [2.05, 4.69) is 9.97 Å². The molecule has 7 nitrogen and oxygen atoms in total. The molecular weight excluding hydrogens is 425 g/mol. The molecule has 0 saturated carbocycles. The third kappa shape index (κ3) is 4.39. The van der Waals surface area contributed by atoms with Crippen molar-refractivity contribution < 1.29 is 27.4 Å². The van der Waals surface area contributed by atoms with E-state index in [1.165, 1.54) is 30.2 Å². The number of amides is 1. The van der Waals surface area contributed by atoms with E-state index in [0.29, 0.717) is 18.7 Å². The number of ether oxygens (including phenoxy) is 2. The summed E-state index contributed by atoms with van der Waals surface area (Å²) in [7, 11) is 1.46. The van der Waals surface area contributed by atoms with Crippen LogP contribution in [0.25, 0.3) is 5.69 Å². The molecule has 0 aliphatic carbocycles. The van der Waals surface area contributed by atoms with Crippen LogP contribution >= 0.6 is 0 Å². The second-order valence-corrected chi connectivity index (χ2v) is 7.42. The van der Waals surface area contributed by atoms with Gasteiger partial charge in [-0.15, -0.1) is 0 Å². The molecule has 1 amide bonds. The zero-order chi connectivity index (χ0) is 22.9. The van der Waals surface area contributed by atoms with Crippen LogP contribution in [-0.4, -0.2) is 51.6 Å². The zero-order valence-corrected chi connectivity index (χ0v) is 17.5. The predicted molar refractivity (Wildman–Crippen MR) is 109 cm³/mol. The van der Waals surface area contributed by atoms with Crippen LogP contribution in [0.15, 0.2) is 48.9 Å². The molecule has 0 unspecified atom stereocenters. The van der Waals surface area contributed by atoms with E-state index in [-0.39, 0.29) is 29.8 Å². The number of benzene rings is 1. The number of likely N-dealkylation sites (tertiary alicyclic amines) is 1. The fourth-order valence-electron chi connectivity index (χ4n) is 3.61. The molecule has 1 atom stereocenters. The minimum atomic E-state index is -4.51. The Kier molecular flexibility index (Phi) is 5.77. The Morgan fingerprint density at radius 2 is 1.97 bits per heavy atom. The smallest absolute Gasteiger partial charge is 0.419 e. The van der Waals surface area contributed by atoms with Crippen LogP contribution < -0.4 is 9.47 Å². The summed E-state index contributed by atoms with van der Waals surface area (Å²) in [5.74, 6) is -0.315. The molecule has 3 heterocycles. The summed E-state index contributed by atoms with van der Waals surface area (Å²) in [5.41, 5.74) is 0.804. The summed E-state index contributed by atoms with van der Waals surface area (Å²) in [4.78, 5) is 23.0. The van der Waals surface area contributed by atoms with Crippen molar-refractivity contribution in [2.75, 3.05) is 20.2 Å². The number of carbonyl (C=O) groups excluding carboxylic acids is 1. The lowest BCUT2D eigenvalue weighted by Crippen LogP contribution is -2.31. The van der Waals surface area contributed by atoms with E-state index in [1.54, 1.807) is 23.0 Å². The molecular formula is C22H21F3N4O3. The second-order valence-electron chi connectivity index (χ2n) is 7.42. The predicted octanol–water partition coefficient (Wildman–Crippen LogP) is 3.90. The van der Waals surface area contributed by atoms with Gasteiger partial charge in [0.25, 0.3) is 5.91 Å². The van der Waals surface area contributed by atoms with Gasteiger partial charge in [-0.1, -0.05) is 12.1 Å². The highest BCUT2D eigenvalue weighted by atomic mass is 19.4. The number of nitrogens with zero attached hydrogens (tertiary/aromatic N) is 4. The minimum absolute atomic E-state index is 0.164. The van der Waals surface area contributed by atoms with Gasteiger partial charge in [-0.25, -0.2) is 9.97 Å². The first-order valence-electron chi connectivity index (χ1n) is 9.94. The molecule has 0 bridgehead atoms. The van der Waals surface area contributed by atoms with E-state index in [9.17, 15) is 18.0 Å². The van der Waals surface area contributed by atoms with Crippen molar-refractivity contribution >= 4 is 5.91 Å². The second kappa shape index (κ2) is 8.52. The third-order valence-electron chi connectivity index (χ3n) is 5.16. The normalized spacial score (nSPS) is 16.3. The van der Waals surface area contributed by atoms with Crippen LogP contribution in [0.3, 0.4) is 0 Å². The minimum Gasteiger partial charge on any atom is -0.488 e.